The summed E-state index contributed by atoms with van der Waals surface area (Å²) in [5.74, 6) is 0.872. The first-order valence-electron chi connectivity index (χ1n) is 4.55. The fourth-order valence-corrected chi connectivity index (χ4v) is 2.16. The van der Waals surface area contributed by atoms with Crippen molar-refractivity contribution in [2.24, 2.45) is 5.92 Å². The molecule has 1 heteroatoms. The van der Waals surface area contributed by atoms with Gasteiger partial charge in [-0.05, 0) is 38.5 Å². The summed E-state index contributed by atoms with van der Waals surface area (Å²) < 4.78 is 5.46. The molecule has 1 heterocycles. The van der Waals surface area contributed by atoms with Gasteiger partial charge in [0.2, 0.25) is 0 Å². The fourth-order valence-electron chi connectivity index (χ4n) is 2.16. The van der Waals surface area contributed by atoms with Crippen LogP contribution in [0.5, 0.6) is 0 Å². The van der Waals surface area contributed by atoms with E-state index in [1.54, 1.807) is 0 Å². The Hall–Kier alpha value is -0.300. The standard InChI is InChI=1S/C10H16O/c1-7(2)5-8-3-4-9-10(6-8)11-9/h8-10H,1,3-6H2,2H3. The van der Waals surface area contributed by atoms with Crippen LogP contribution < -0.4 is 0 Å². The minimum absolute atomic E-state index is 0.632. The third-order valence-corrected chi connectivity index (χ3v) is 2.75. The van der Waals surface area contributed by atoms with Crippen molar-refractivity contribution in [3.8, 4) is 0 Å². The van der Waals surface area contributed by atoms with Crippen LogP contribution in [0.15, 0.2) is 12.2 Å². The van der Waals surface area contributed by atoms with Gasteiger partial charge in [0.05, 0.1) is 12.2 Å². The van der Waals surface area contributed by atoms with Gasteiger partial charge in [0.1, 0.15) is 0 Å². The van der Waals surface area contributed by atoms with Gasteiger partial charge in [-0.2, -0.15) is 0 Å². The predicted octanol–water partition coefficient (Wildman–Crippen LogP) is 2.52. The first-order chi connectivity index (χ1) is 5.25. The van der Waals surface area contributed by atoms with Gasteiger partial charge in [0, 0.05) is 0 Å². The van der Waals surface area contributed by atoms with Gasteiger partial charge < -0.3 is 4.74 Å². The van der Waals surface area contributed by atoms with Crippen LogP contribution in [-0.2, 0) is 4.74 Å². The molecule has 11 heavy (non-hydrogen) atoms. The number of hydrogen-bond donors (Lipinski definition) is 0. The molecule has 0 aromatic rings. The van der Waals surface area contributed by atoms with Gasteiger partial charge >= 0.3 is 0 Å². The second kappa shape index (κ2) is 2.63. The second-order valence-corrected chi connectivity index (χ2v) is 4.05. The van der Waals surface area contributed by atoms with Crippen LogP contribution in [0.4, 0.5) is 0 Å². The summed E-state index contributed by atoms with van der Waals surface area (Å²) in [7, 11) is 0. The van der Waals surface area contributed by atoms with E-state index in [1.165, 1.54) is 31.3 Å². The monoisotopic (exact) mass is 152 g/mol. The molecule has 1 aliphatic heterocycles. The van der Waals surface area contributed by atoms with Crippen molar-refractivity contribution in [3.63, 3.8) is 0 Å². The molecule has 0 bridgehead atoms. The van der Waals surface area contributed by atoms with Crippen LogP contribution in [0.1, 0.15) is 32.6 Å². The van der Waals surface area contributed by atoms with E-state index in [0.29, 0.717) is 12.2 Å². The molecule has 0 spiro atoms. The van der Waals surface area contributed by atoms with Crippen molar-refractivity contribution in [3.05, 3.63) is 12.2 Å². The SMILES string of the molecule is C=C(C)CC1CCC2OC2C1. The summed E-state index contributed by atoms with van der Waals surface area (Å²) in [5, 5.41) is 0. The fraction of sp³-hybridized carbons (Fsp3) is 0.800. The smallest absolute Gasteiger partial charge is 0.0844 e. The molecular weight excluding hydrogens is 136 g/mol. The van der Waals surface area contributed by atoms with Crippen LogP contribution in [0.25, 0.3) is 0 Å². The largest absolute Gasteiger partial charge is 0.370 e. The molecule has 0 amide bonds. The van der Waals surface area contributed by atoms with Gasteiger partial charge in [-0.3, -0.25) is 0 Å². The van der Waals surface area contributed by atoms with Crippen LogP contribution in [0.3, 0.4) is 0 Å². The lowest BCUT2D eigenvalue weighted by Crippen LogP contribution is -2.13. The van der Waals surface area contributed by atoms with Crippen molar-refractivity contribution in [1.82, 2.24) is 0 Å². The van der Waals surface area contributed by atoms with Gasteiger partial charge in [-0.1, -0.05) is 5.57 Å². The molecule has 0 N–H and O–H groups in total. The van der Waals surface area contributed by atoms with Crippen LogP contribution in [-0.4, -0.2) is 12.2 Å². The van der Waals surface area contributed by atoms with Gasteiger partial charge in [0.25, 0.3) is 0 Å². The molecule has 1 saturated heterocycles. The highest BCUT2D eigenvalue weighted by molar-refractivity contribution is 4.97. The van der Waals surface area contributed by atoms with Crippen molar-refractivity contribution in [2.45, 2.75) is 44.8 Å². The second-order valence-electron chi connectivity index (χ2n) is 4.05. The quantitative estimate of drug-likeness (QED) is 0.437. The van der Waals surface area contributed by atoms with Crippen molar-refractivity contribution < 1.29 is 4.74 Å². The van der Waals surface area contributed by atoms with E-state index >= 15 is 0 Å². The zero-order valence-electron chi connectivity index (χ0n) is 7.18. The Labute approximate surface area is 68.4 Å². The average molecular weight is 152 g/mol. The predicted molar refractivity (Wildman–Crippen MR) is 45.4 cm³/mol. The number of ether oxygens (including phenoxy) is 1. The maximum Gasteiger partial charge on any atom is 0.0844 e. The Kier molecular flexibility index (Phi) is 1.76. The molecule has 2 fully saturated rings. The average Bonchev–Trinajstić information content (AvgIpc) is 2.63. The maximum atomic E-state index is 5.46. The molecule has 1 nitrogen and oxygen atoms in total. The van der Waals surface area contributed by atoms with Crippen molar-refractivity contribution in [1.29, 1.82) is 0 Å². The van der Waals surface area contributed by atoms with Gasteiger partial charge in [-0.25, -0.2) is 0 Å². The van der Waals surface area contributed by atoms with Crippen LogP contribution >= 0.6 is 0 Å². The van der Waals surface area contributed by atoms with Crippen LogP contribution in [0, 0.1) is 5.92 Å². The molecule has 1 aliphatic carbocycles. The summed E-state index contributed by atoms with van der Waals surface area (Å²) in [6.45, 7) is 6.07. The number of rotatable bonds is 2. The molecule has 62 valence electrons. The van der Waals surface area contributed by atoms with E-state index in [9.17, 15) is 0 Å². The summed E-state index contributed by atoms with van der Waals surface area (Å²) >= 11 is 0. The van der Waals surface area contributed by atoms with E-state index < -0.39 is 0 Å². The zero-order valence-corrected chi connectivity index (χ0v) is 7.18. The molecule has 2 rings (SSSR count). The van der Waals surface area contributed by atoms with E-state index in [-0.39, 0.29) is 0 Å². The molecule has 0 aromatic heterocycles. The zero-order chi connectivity index (χ0) is 7.84. The first-order valence-corrected chi connectivity index (χ1v) is 4.55. The number of epoxide rings is 1. The lowest BCUT2D eigenvalue weighted by Gasteiger charge is -2.18. The van der Waals surface area contributed by atoms with Crippen molar-refractivity contribution >= 4 is 0 Å². The van der Waals surface area contributed by atoms with E-state index in [2.05, 4.69) is 13.5 Å². The summed E-state index contributed by atoms with van der Waals surface area (Å²) in [6.07, 6.45) is 6.44. The van der Waals surface area contributed by atoms with Crippen LogP contribution in [0.2, 0.25) is 0 Å². The minimum atomic E-state index is 0.632. The van der Waals surface area contributed by atoms with E-state index in [4.69, 9.17) is 4.74 Å². The molecular formula is C10H16O. The topological polar surface area (TPSA) is 12.5 Å². The Morgan fingerprint density at radius 3 is 2.91 bits per heavy atom. The van der Waals surface area contributed by atoms with E-state index in [1.807, 2.05) is 0 Å². The molecule has 3 atom stereocenters. The summed E-state index contributed by atoms with van der Waals surface area (Å²) in [4.78, 5) is 0. The van der Waals surface area contributed by atoms with E-state index in [0.717, 1.165) is 5.92 Å². The molecule has 0 aromatic carbocycles. The minimum Gasteiger partial charge on any atom is -0.370 e. The number of allylic oxidation sites excluding steroid dienone is 1. The normalized spacial score (nSPS) is 41.4. The number of hydrogen-bond acceptors (Lipinski definition) is 1. The summed E-state index contributed by atoms with van der Waals surface area (Å²) in [6, 6.07) is 0. The third-order valence-electron chi connectivity index (χ3n) is 2.75. The Morgan fingerprint density at radius 2 is 2.27 bits per heavy atom. The Balaban J connectivity index is 1.81. The molecule has 3 unspecified atom stereocenters. The lowest BCUT2D eigenvalue weighted by atomic mass is 9.85. The highest BCUT2D eigenvalue weighted by Gasteiger charge is 2.43. The Bertz CT molecular complexity index is 174. The Morgan fingerprint density at radius 1 is 1.45 bits per heavy atom. The highest BCUT2D eigenvalue weighted by Crippen LogP contribution is 2.41. The first kappa shape index (κ1) is 7.35. The molecule has 1 saturated carbocycles. The van der Waals surface area contributed by atoms with Gasteiger partial charge in [-0.15, -0.1) is 6.58 Å². The highest BCUT2D eigenvalue weighted by atomic mass is 16.6. The summed E-state index contributed by atoms with van der Waals surface area (Å²) in [5.41, 5.74) is 1.33. The number of fused-ring (bicyclic) bond motifs is 1. The molecule has 0 radical (unpaired) electrons. The third kappa shape index (κ3) is 1.64. The van der Waals surface area contributed by atoms with Gasteiger partial charge in [0.15, 0.2) is 0 Å². The van der Waals surface area contributed by atoms with Crippen molar-refractivity contribution in [2.75, 3.05) is 0 Å². The maximum absolute atomic E-state index is 5.46. The molecule has 2 aliphatic rings. The lowest BCUT2D eigenvalue weighted by molar-refractivity contribution is 0.360.